The first-order valence-electron chi connectivity index (χ1n) is 8.79. The molecule has 0 unspecified atom stereocenters. The maximum Gasteiger partial charge on any atom is 0.257 e. The number of amides is 1. The number of para-hydroxylation sites is 4. The Bertz CT molecular complexity index is 1090. The number of benzene rings is 2. The molecule has 0 saturated heterocycles. The molecule has 1 aromatic heterocycles. The fourth-order valence-electron chi connectivity index (χ4n) is 3.27. The van der Waals surface area contributed by atoms with Gasteiger partial charge in [-0.05, 0) is 43.7 Å². The quantitative estimate of drug-likeness (QED) is 0.735. The zero-order valence-electron chi connectivity index (χ0n) is 16.3. The van der Waals surface area contributed by atoms with Gasteiger partial charge in [0.2, 0.25) is 0 Å². The summed E-state index contributed by atoms with van der Waals surface area (Å²) < 4.78 is 12.2. The Labute approximate surface area is 163 Å². The minimum Gasteiger partial charge on any atom is -0.495 e. The van der Waals surface area contributed by atoms with Crippen LogP contribution in [-0.4, -0.2) is 24.7 Å². The van der Waals surface area contributed by atoms with Crippen LogP contribution in [0, 0.1) is 13.8 Å². The number of nitrogens with zero attached hydrogens (tertiary/aromatic N) is 1. The van der Waals surface area contributed by atoms with Crippen molar-refractivity contribution in [2.75, 3.05) is 19.5 Å². The van der Waals surface area contributed by atoms with E-state index in [4.69, 9.17) is 9.47 Å². The Morgan fingerprint density at radius 2 is 1.54 bits per heavy atom. The van der Waals surface area contributed by atoms with Gasteiger partial charge in [0.25, 0.3) is 11.5 Å². The van der Waals surface area contributed by atoms with E-state index in [0.717, 1.165) is 0 Å². The molecule has 1 amide bonds. The first-order chi connectivity index (χ1) is 13.5. The fraction of sp³-hybridized carbons (Fsp3) is 0.182. The van der Waals surface area contributed by atoms with E-state index in [0.29, 0.717) is 39.7 Å². The lowest BCUT2D eigenvalue weighted by Gasteiger charge is -2.18. The normalized spacial score (nSPS) is 10.4. The number of anilines is 1. The molecule has 144 valence electrons. The third-order valence-electron chi connectivity index (χ3n) is 4.56. The number of ether oxygens (including phenoxy) is 2. The van der Waals surface area contributed by atoms with Crippen LogP contribution in [0.2, 0.25) is 0 Å². The Kier molecular flexibility index (Phi) is 5.49. The Balaban J connectivity index is 2.12. The number of hydrogen-bond acceptors (Lipinski definition) is 4. The van der Waals surface area contributed by atoms with E-state index in [-0.39, 0.29) is 11.5 Å². The van der Waals surface area contributed by atoms with Gasteiger partial charge in [-0.2, -0.15) is 0 Å². The highest BCUT2D eigenvalue weighted by Gasteiger charge is 2.20. The minimum absolute atomic E-state index is 0.228. The van der Waals surface area contributed by atoms with Crippen LogP contribution < -0.4 is 20.3 Å². The van der Waals surface area contributed by atoms with Crippen LogP contribution in [0.15, 0.2) is 59.4 Å². The van der Waals surface area contributed by atoms with Crippen LogP contribution in [0.25, 0.3) is 5.69 Å². The molecule has 0 atom stereocenters. The van der Waals surface area contributed by atoms with E-state index in [1.165, 1.54) is 10.6 Å². The van der Waals surface area contributed by atoms with E-state index < -0.39 is 0 Å². The van der Waals surface area contributed by atoms with Gasteiger partial charge in [-0.15, -0.1) is 0 Å². The van der Waals surface area contributed by atoms with E-state index in [1.807, 2.05) is 24.3 Å². The van der Waals surface area contributed by atoms with Gasteiger partial charge < -0.3 is 14.8 Å². The third-order valence-corrected chi connectivity index (χ3v) is 4.56. The van der Waals surface area contributed by atoms with Crippen molar-refractivity contribution in [1.82, 2.24) is 4.57 Å². The lowest BCUT2D eigenvalue weighted by molar-refractivity contribution is 0.102. The van der Waals surface area contributed by atoms with Crippen LogP contribution in [0.3, 0.4) is 0 Å². The summed E-state index contributed by atoms with van der Waals surface area (Å²) in [7, 11) is 3.09. The number of aromatic nitrogens is 1. The summed E-state index contributed by atoms with van der Waals surface area (Å²) in [6.07, 6.45) is 0. The second-order valence-electron chi connectivity index (χ2n) is 6.29. The minimum atomic E-state index is -0.317. The zero-order chi connectivity index (χ0) is 20.3. The molecule has 6 heteroatoms. The summed E-state index contributed by atoms with van der Waals surface area (Å²) in [5, 5.41) is 2.88. The molecular weight excluding hydrogens is 356 g/mol. The lowest BCUT2D eigenvalue weighted by Crippen LogP contribution is -2.26. The van der Waals surface area contributed by atoms with Crippen molar-refractivity contribution < 1.29 is 14.3 Å². The molecule has 28 heavy (non-hydrogen) atoms. The first-order valence-corrected chi connectivity index (χ1v) is 8.79. The molecule has 0 fully saturated rings. The van der Waals surface area contributed by atoms with E-state index >= 15 is 0 Å². The topological polar surface area (TPSA) is 69.6 Å². The molecule has 0 aliphatic rings. The number of rotatable bonds is 5. The standard InChI is InChI=1S/C22H22N2O4/c1-14-13-20(25)24(17-10-6-8-12-19(17)28-4)15(2)21(14)22(26)23-16-9-5-7-11-18(16)27-3/h5-13H,1-4H3,(H,23,26). The summed E-state index contributed by atoms with van der Waals surface area (Å²) >= 11 is 0. The van der Waals surface area contributed by atoms with Gasteiger partial charge in [-0.1, -0.05) is 24.3 Å². The van der Waals surface area contributed by atoms with Crippen LogP contribution in [0.5, 0.6) is 11.5 Å². The molecule has 0 aliphatic heterocycles. The van der Waals surface area contributed by atoms with Crippen LogP contribution >= 0.6 is 0 Å². The number of aryl methyl sites for hydroxylation is 1. The maximum atomic E-state index is 13.1. The molecule has 2 aromatic carbocycles. The van der Waals surface area contributed by atoms with E-state index in [9.17, 15) is 9.59 Å². The number of carbonyl (C=O) groups excluding carboxylic acids is 1. The lowest BCUT2D eigenvalue weighted by atomic mass is 10.1. The van der Waals surface area contributed by atoms with Gasteiger partial charge in [-0.3, -0.25) is 14.2 Å². The largest absolute Gasteiger partial charge is 0.495 e. The van der Waals surface area contributed by atoms with Crippen LogP contribution in [-0.2, 0) is 0 Å². The third kappa shape index (κ3) is 3.49. The van der Waals surface area contributed by atoms with Crippen molar-refractivity contribution >= 4 is 11.6 Å². The average molecular weight is 378 g/mol. The molecule has 1 heterocycles. The van der Waals surface area contributed by atoms with Gasteiger partial charge >= 0.3 is 0 Å². The van der Waals surface area contributed by atoms with Crippen LogP contribution in [0.4, 0.5) is 5.69 Å². The van der Waals surface area contributed by atoms with Crippen molar-refractivity contribution in [3.63, 3.8) is 0 Å². The summed E-state index contributed by atoms with van der Waals surface area (Å²) in [5.41, 5.74) is 2.47. The van der Waals surface area contributed by atoms with Crippen molar-refractivity contribution in [1.29, 1.82) is 0 Å². The molecule has 0 aliphatic carbocycles. The number of hydrogen-bond donors (Lipinski definition) is 1. The number of methoxy groups -OCH3 is 2. The fourth-order valence-corrected chi connectivity index (χ4v) is 3.27. The summed E-state index contributed by atoms with van der Waals surface area (Å²) in [6, 6.07) is 15.8. The monoisotopic (exact) mass is 378 g/mol. The summed E-state index contributed by atoms with van der Waals surface area (Å²) in [6.45, 7) is 3.50. The van der Waals surface area contributed by atoms with Gasteiger partial charge in [0, 0.05) is 11.8 Å². The van der Waals surface area contributed by atoms with Gasteiger partial charge in [0.1, 0.15) is 11.5 Å². The molecule has 0 spiro atoms. The number of nitrogens with one attached hydrogen (secondary N) is 1. The molecule has 0 saturated carbocycles. The SMILES string of the molecule is COc1ccccc1NC(=O)c1c(C)cc(=O)n(-c2ccccc2OC)c1C. The molecule has 0 radical (unpaired) electrons. The first kappa shape index (κ1) is 19.2. The van der Waals surface area contributed by atoms with Crippen LogP contribution in [0.1, 0.15) is 21.6 Å². The number of carbonyl (C=O) groups is 1. The van der Waals surface area contributed by atoms with E-state index in [2.05, 4.69) is 5.32 Å². The summed E-state index contributed by atoms with van der Waals surface area (Å²) in [4.78, 5) is 25.8. The highest BCUT2D eigenvalue weighted by Crippen LogP contribution is 2.27. The Morgan fingerprint density at radius 1 is 0.929 bits per heavy atom. The Hall–Kier alpha value is -3.54. The smallest absolute Gasteiger partial charge is 0.257 e. The molecule has 3 rings (SSSR count). The molecule has 0 bridgehead atoms. The number of pyridine rings is 1. The second-order valence-corrected chi connectivity index (χ2v) is 6.29. The maximum absolute atomic E-state index is 13.1. The predicted octanol–water partition coefficient (Wildman–Crippen LogP) is 3.72. The molecule has 6 nitrogen and oxygen atoms in total. The van der Waals surface area contributed by atoms with Crippen molar-refractivity contribution in [3.05, 3.63) is 81.8 Å². The highest BCUT2D eigenvalue weighted by molar-refractivity contribution is 6.06. The van der Waals surface area contributed by atoms with Crippen molar-refractivity contribution in [2.45, 2.75) is 13.8 Å². The second kappa shape index (κ2) is 8.00. The van der Waals surface area contributed by atoms with Crippen molar-refractivity contribution in [3.8, 4) is 17.2 Å². The van der Waals surface area contributed by atoms with Gasteiger partial charge in [0.15, 0.2) is 0 Å². The molecule has 3 aromatic rings. The molecule has 1 N–H and O–H groups in total. The zero-order valence-corrected chi connectivity index (χ0v) is 16.3. The Morgan fingerprint density at radius 3 is 2.21 bits per heavy atom. The van der Waals surface area contributed by atoms with E-state index in [1.54, 1.807) is 52.3 Å². The van der Waals surface area contributed by atoms with Gasteiger partial charge in [0.05, 0.1) is 31.2 Å². The van der Waals surface area contributed by atoms with Gasteiger partial charge in [-0.25, -0.2) is 0 Å². The summed E-state index contributed by atoms with van der Waals surface area (Å²) in [5.74, 6) is 0.792. The molecular formula is C22H22N2O4. The van der Waals surface area contributed by atoms with Crippen molar-refractivity contribution in [2.24, 2.45) is 0 Å². The predicted molar refractivity (Wildman–Crippen MR) is 109 cm³/mol. The average Bonchev–Trinajstić information content (AvgIpc) is 2.68. The highest BCUT2D eigenvalue weighted by atomic mass is 16.5.